The molecule has 0 aliphatic rings. The van der Waals surface area contributed by atoms with Gasteiger partial charge in [0, 0.05) is 6.26 Å². The molecule has 0 unspecified atom stereocenters. The SMILES string of the molecule is Cn1cc[n+](C)c1.N#CO.N#C[O-]. The van der Waals surface area contributed by atoms with Crippen LogP contribution in [0.15, 0.2) is 18.7 Å². The number of aryl methyl sites for hydroxylation is 2. The molecule has 1 heterocycles. The second kappa shape index (κ2) is 9.79. The van der Waals surface area contributed by atoms with Crippen molar-refractivity contribution in [2.75, 3.05) is 0 Å². The van der Waals surface area contributed by atoms with Crippen molar-refractivity contribution in [3.8, 4) is 12.5 Å². The summed E-state index contributed by atoms with van der Waals surface area (Å²) in [6.07, 6.45) is 7.25. The summed E-state index contributed by atoms with van der Waals surface area (Å²) in [5.74, 6) is 0. The van der Waals surface area contributed by atoms with Crippen molar-refractivity contribution < 1.29 is 14.8 Å². The van der Waals surface area contributed by atoms with E-state index in [9.17, 15) is 0 Å². The molecule has 6 nitrogen and oxygen atoms in total. The third kappa shape index (κ3) is 12.9. The number of hydrogen-bond acceptors (Lipinski definition) is 4. The van der Waals surface area contributed by atoms with Crippen molar-refractivity contribution >= 4 is 0 Å². The minimum absolute atomic E-state index is 0.500. The molecule has 0 bridgehead atoms. The summed E-state index contributed by atoms with van der Waals surface area (Å²) < 4.78 is 4.00. The first-order chi connectivity index (χ1) is 6.12. The Morgan fingerprint density at radius 2 is 1.92 bits per heavy atom. The Morgan fingerprint density at radius 3 is 2.00 bits per heavy atom. The summed E-state index contributed by atoms with van der Waals surface area (Å²) in [5.41, 5.74) is 0. The average Bonchev–Trinajstić information content (AvgIpc) is 2.38. The molecule has 0 aliphatic carbocycles. The van der Waals surface area contributed by atoms with E-state index in [1.54, 1.807) is 0 Å². The van der Waals surface area contributed by atoms with Gasteiger partial charge in [-0.3, -0.25) is 0 Å². The van der Waals surface area contributed by atoms with Crippen molar-refractivity contribution in [2.24, 2.45) is 14.1 Å². The Kier molecular flexibility index (Phi) is 10.1. The van der Waals surface area contributed by atoms with Gasteiger partial charge in [0.05, 0.1) is 14.1 Å². The molecule has 70 valence electrons. The maximum Gasteiger partial charge on any atom is 0.283 e. The maximum absolute atomic E-state index is 8.24. The quantitative estimate of drug-likeness (QED) is 0.390. The first-order valence-electron chi connectivity index (χ1n) is 3.14. The zero-order valence-corrected chi connectivity index (χ0v) is 7.38. The van der Waals surface area contributed by atoms with Gasteiger partial charge in [-0.05, 0) is 0 Å². The Morgan fingerprint density at radius 1 is 1.54 bits per heavy atom. The first kappa shape index (κ1) is 13.4. The molecular formula is C7H10N4O2. The average molecular weight is 182 g/mol. The molecule has 0 fully saturated rings. The third-order valence-electron chi connectivity index (χ3n) is 0.901. The molecule has 0 aliphatic heterocycles. The molecule has 6 heteroatoms. The van der Waals surface area contributed by atoms with Gasteiger partial charge in [-0.2, -0.15) is 5.26 Å². The van der Waals surface area contributed by atoms with Crippen molar-refractivity contribution in [1.29, 1.82) is 10.5 Å². The standard InChI is InChI=1S/C5H9N2.2CHNO/c1-6-3-4-7(2)5-6;2*2-1-3/h3-5H,1-2H3;2*3H/q+1;;/p-1. The number of nitriles is 2. The van der Waals surface area contributed by atoms with E-state index in [1.807, 2.05) is 42.0 Å². The Labute approximate surface area is 76.1 Å². The molecule has 0 radical (unpaired) electrons. The van der Waals surface area contributed by atoms with E-state index in [0.29, 0.717) is 6.26 Å². The highest BCUT2D eigenvalue weighted by molar-refractivity contribution is 4.60. The van der Waals surface area contributed by atoms with Gasteiger partial charge in [0.15, 0.2) is 0 Å². The lowest BCUT2D eigenvalue weighted by Crippen LogP contribution is -2.23. The fraction of sp³-hybridized carbons (Fsp3) is 0.286. The second-order valence-electron chi connectivity index (χ2n) is 1.94. The zero-order valence-electron chi connectivity index (χ0n) is 7.38. The highest BCUT2D eigenvalue weighted by Crippen LogP contribution is 1.70. The smallest absolute Gasteiger partial charge is 0.283 e. The Balaban J connectivity index is 0. The van der Waals surface area contributed by atoms with Gasteiger partial charge in [0.2, 0.25) is 6.33 Å². The highest BCUT2D eigenvalue weighted by Gasteiger charge is 1.87. The molecule has 0 atom stereocenters. The van der Waals surface area contributed by atoms with Crippen molar-refractivity contribution in [2.45, 2.75) is 0 Å². The van der Waals surface area contributed by atoms with E-state index in [4.69, 9.17) is 20.7 Å². The topological polar surface area (TPSA) is 99.7 Å². The van der Waals surface area contributed by atoms with Crippen molar-refractivity contribution in [1.82, 2.24) is 4.57 Å². The largest absolute Gasteiger partial charge is 0.812 e. The molecule has 1 rings (SSSR count). The van der Waals surface area contributed by atoms with Gasteiger partial charge in [-0.1, -0.05) is 0 Å². The van der Waals surface area contributed by atoms with Gasteiger partial charge in [0.25, 0.3) is 6.26 Å². The number of aromatic nitrogens is 2. The third-order valence-corrected chi connectivity index (χ3v) is 0.901. The van der Waals surface area contributed by atoms with Crippen LogP contribution in [0.5, 0.6) is 0 Å². The molecule has 1 aromatic rings. The molecule has 0 amide bonds. The molecule has 1 N–H and O–H groups in total. The Bertz CT molecular complexity index is 266. The lowest BCUT2D eigenvalue weighted by molar-refractivity contribution is -0.670. The van der Waals surface area contributed by atoms with E-state index < -0.39 is 0 Å². The van der Waals surface area contributed by atoms with Gasteiger partial charge < -0.3 is 10.2 Å². The van der Waals surface area contributed by atoms with Crippen molar-refractivity contribution in [3.05, 3.63) is 18.7 Å². The van der Waals surface area contributed by atoms with Crippen LogP contribution in [0, 0.1) is 23.0 Å². The van der Waals surface area contributed by atoms with Crippen LogP contribution >= 0.6 is 0 Å². The summed E-state index contributed by atoms with van der Waals surface area (Å²) in [5, 5.41) is 28.8. The maximum atomic E-state index is 8.24. The molecular weight excluding hydrogens is 172 g/mol. The first-order valence-corrected chi connectivity index (χ1v) is 3.14. The van der Waals surface area contributed by atoms with Gasteiger partial charge >= 0.3 is 0 Å². The number of nitrogens with zero attached hydrogens (tertiary/aromatic N) is 4. The summed E-state index contributed by atoms with van der Waals surface area (Å²) in [4.78, 5) is 0. The molecule has 1 aromatic heterocycles. The predicted octanol–water partition coefficient (Wildman–Crippen LogP) is -1.48. The summed E-state index contributed by atoms with van der Waals surface area (Å²) in [6, 6.07) is 0. The van der Waals surface area contributed by atoms with Crippen LogP contribution in [0.4, 0.5) is 0 Å². The van der Waals surface area contributed by atoms with E-state index >= 15 is 0 Å². The summed E-state index contributed by atoms with van der Waals surface area (Å²) >= 11 is 0. The van der Waals surface area contributed by atoms with E-state index in [1.165, 1.54) is 0 Å². The van der Waals surface area contributed by atoms with Crippen LogP contribution < -0.4 is 9.67 Å². The fourth-order valence-corrected chi connectivity index (χ4v) is 0.575. The Hall–Kier alpha value is -2.21. The predicted molar refractivity (Wildman–Crippen MR) is 39.8 cm³/mol. The van der Waals surface area contributed by atoms with Gasteiger partial charge in [-0.25, -0.2) is 14.4 Å². The normalized spacial score (nSPS) is 6.15. The summed E-state index contributed by atoms with van der Waals surface area (Å²) in [6.45, 7) is 0. The molecule has 0 saturated heterocycles. The lowest BCUT2D eigenvalue weighted by Gasteiger charge is -1.72. The molecule has 0 saturated carbocycles. The highest BCUT2D eigenvalue weighted by atomic mass is 16.2. The van der Waals surface area contributed by atoms with Crippen LogP contribution in [0.2, 0.25) is 0 Å². The van der Waals surface area contributed by atoms with Crippen LogP contribution in [0.3, 0.4) is 0 Å². The number of aliphatic hydroxyl groups excluding tert-OH is 1. The zero-order chi connectivity index (χ0) is 10.7. The molecule has 0 spiro atoms. The second-order valence-corrected chi connectivity index (χ2v) is 1.94. The van der Waals surface area contributed by atoms with Gasteiger partial charge in [-0.15, -0.1) is 0 Å². The van der Waals surface area contributed by atoms with E-state index in [2.05, 4.69) is 0 Å². The van der Waals surface area contributed by atoms with E-state index in [-0.39, 0.29) is 0 Å². The summed E-state index contributed by atoms with van der Waals surface area (Å²) in [7, 11) is 4.00. The molecule has 0 aromatic carbocycles. The minimum Gasteiger partial charge on any atom is -0.812 e. The minimum atomic E-state index is 0.500. The van der Waals surface area contributed by atoms with E-state index in [0.717, 1.165) is 6.26 Å². The number of aliphatic hydroxyl groups is 1. The van der Waals surface area contributed by atoms with Gasteiger partial charge in [0.1, 0.15) is 12.4 Å². The van der Waals surface area contributed by atoms with Crippen LogP contribution in [0.1, 0.15) is 0 Å². The number of imidazole rings is 1. The molecule has 13 heavy (non-hydrogen) atoms. The van der Waals surface area contributed by atoms with Crippen LogP contribution in [-0.2, 0) is 14.1 Å². The van der Waals surface area contributed by atoms with Crippen LogP contribution in [0.25, 0.3) is 0 Å². The monoisotopic (exact) mass is 182 g/mol. The number of rotatable bonds is 0. The van der Waals surface area contributed by atoms with Crippen molar-refractivity contribution in [3.63, 3.8) is 0 Å². The number of hydrogen-bond donors (Lipinski definition) is 1. The van der Waals surface area contributed by atoms with Crippen LogP contribution in [-0.4, -0.2) is 9.67 Å². The fourth-order valence-electron chi connectivity index (χ4n) is 0.575. The lowest BCUT2D eigenvalue weighted by atomic mass is 10.9.